The van der Waals surface area contributed by atoms with Crippen LogP contribution in [0.3, 0.4) is 0 Å². The lowest BCUT2D eigenvalue weighted by Gasteiger charge is -2.24. The second kappa shape index (κ2) is 8.74. The molecule has 6 rings (SSSR count). The summed E-state index contributed by atoms with van der Waals surface area (Å²) in [7, 11) is 1.68. The summed E-state index contributed by atoms with van der Waals surface area (Å²) in [6, 6.07) is 9.99. The van der Waals surface area contributed by atoms with Crippen LogP contribution in [0.4, 0.5) is 10.3 Å². The number of halogens is 1. The summed E-state index contributed by atoms with van der Waals surface area (Å²) >= 11 is 0. The summed E-state index contributed by atoms with van der Waals surface area (Å²) in [5.41, 5.74) is 5.97. The molecule has 178 valence electrons. The standard InChI is InChI=1S/C26H26FN7O/c1-15(14-35-2)21-13-29-34-25(21)32-24(16-9-17(27)12-28-11-16)33-26(34)30-18-7-8-23-20(10-18)19-5-3-4-6-22(19)31-23/h3-6,9,11-13,15,18,31H,7-8,10,14H2,1-2H3,(H,30,32,33)/t15?,18-/m1/s1. The minimum absolute atomic E-state index is 0.0854. The van der Waals surface area contributed by atoms with Crippen molar-refractivity contribution >= 4 is 22.5 Å². The van der Waals surface area contributed by atoms with Crippen LogP contribution in [0, 0.1) is 5.82 Å². The number of para-hydroxylation sites is 1. The first kappa shape index (κ1) is 21.7. The van der Waals surface area contributed by atoms with Gasteiger partial charge in [-0.05, 0) is 37.0 Å². The molecule has 1 aromatic carbocycles. The molecule has 0 spiro atoms. The van der Waals surface area contributed by atoms with Crippen molar-refractivity contribution in [1.29, 1.82) is 0 Å². The fourth-order valence-corrected chi connectivity index (χ4v) is 5.01. The van der Waals surface area contributed by atoms with Gasteiger partial charge in [0.15, 0.2) is 11.5 Å². The number of hydrogen-bond acceptors (Lipinski definition) is 6. The normalized spacial score (nSPS) is 16.5. The monoisotopic (exact) mass is 471 g/mol. The Morgan fingerprint density at radius 2 is 2.11 bits per heavy atom. The number of rotatable bonds is 6. The number of aromatic nitrogens is 6. The van der Waals surface area contributed by atoms with Gasteiger partial charge in [0.1, 0.15) is 5.82 Å². The number of ether oxygens (including phenoxy) is 1. The van der Waals surface area contributed by atoms with E-state index in [2.05, 4.69) is 51.6 Å². The summed E-state index contributed by atoms with van der Waals surface area (Å²) in [6.07, 6.45) is 7.34. The van der Waals surface area contributed by atoms with Gasteiger partial charge in [0.05, 0.1) is 19.0 Å². The highest BCUT2D eigenvalue weighted by Gasteiger charge is 2.25. The van der Waals surface area contributed by atoms with E-state index in [0.717, 1.165) is 24.8 Å². The predicted octanol–water partition coefficient (Wildman–Crippen LogP) is 4.53. The third-order valence-corrected chi connectivity index (χ3v) is 6.73. The first-order chi connectivity index (χ1) is 17.1. The third kappa shape index (κ3) is 3.91. The Balaban J connectivity index is 1.41. The largest absolute Gasteiger partial charge is 0.384 e. The molecular weight excluding hydrogens is 445 g/mol. The number of hydrogen-bond donors (Lipinski definition) is 2. The highest BCUT2D eigenvalue weighted by Crippen LogP contribution is 2.31. The molecule has 1 aliphatic rings. The van der Waals surface area contributed by atoms with Crippen molar-refractivity contribution < 1.29 is 9.13 Å². The number of aromatic amines is 1. The Kier molecular flexibility index (Phi) is 5.41. The molecule has 2 atom stereocenters. The molecule has 1 aliphatic carbocycles. The van der Waals surface area contributed by atoms with Gasteiger partial charge >= 0.3 is 0 Å². The van der Waals surface area contributed by atoms with Crippen molar-refractivity contribution in [3.8, 4) is 11.4 Å². The second-order valence-corrected chi connectivity index (χ2v) is 9.17. The van der Waals surface area contributed by atoms with E-state index < -0.39 is 5.82 Å². The summed E-state index contributed by atoms with van der Waals surface area (Å²) in [4.78, 5) is 17.1. The summed E-state index contributed by atoms with van der Waals surface area (Å²) in [6.45, 7) is 2.61. The zero-order valence-electron chi connectivity index (χ0n) is 19.6. The molecule has 2 N–H and O–H groups in total. The number of benzene rings is 1. The van der Waals surface area contributed by atoms with Gasteiger partial charge in [-0.2, -0.15) is 14.6 Å². The number of nitrogens with zero attached hydrogens (tertiary/aromatic N) is 5. The van der Waals surface area contributed by atoms with Gasteiger partial charge in [0, 0.05) is 53.0 Å². The zero-order valence-corrected chi connectivity index (χ0v) is 19.6. The Morgan fingerprint density at radius 3 is 2.97 bits per heavy atom. The zero-order chi connectivity index (χ0) is 23.9. The molecule has 4 heterocycles. The van der Waals surface area contributed by atoms with Crippen LogP contribution < -0.4 is 5.32 Å². The molecule has 0 saturated heterocycles. The first-order valence-corrected chi connectivity index (χ1v) is 11.8. The van der Waals surface area contributed by atoms with E-state index in [9.17, 15) is 4.39 Å². The molecule has 0 aliphatic heterocycles. The van der Waals surface area contributed by atoms with Crippen molar-refractivity contribution in [2.24, 2.45) is 0 Å². The molecule has 35 heavy (non-hydrogen) atoms. The maximum atomic E-state index is 14.0. The predicted molar refractivity (Wildman–Crippen MR) is 132 cm³/mol. The SMILES string of the molecule is COCC(C)c1cnn2c(N[C@@H]3CCc4[nH]c5ccccc5c4C3)nc(-c3cncc(F)c3)nc12. The summed E-state index contributed by atoms with van der Waals surface area (Å²) in [5, 5.41) is 9.49. The van der Waals surface area contributed by atoms with Gasteiger partial charge in [-0.1, -0.05) is 25.1 Å². The molecule has 0 fully saturated rings. The Bertz CT molecular complexity index is 1530. The van der Waals surface area contributed by atoms with E-state index in [1.807, 2.05) is 6.20 Å². The van der Waals surface area contributed by atoms with Crippen molar-refractivity contribution in [2.75, 3.05) is 19.0 Å². The van der Waals surface area contributed by atoms with Crippen molar-refractivity contribution in [3.63, 3.8) is 0 Å². The number of H-pyrrole nitrogens is 1. The number of pyridine rings is 1. The number of methoxy groups -OCH3 is 1. The Morgan fingerprint density at radius 1 is 1.23 bits per heavy atom. The maximum absolute atomic E-state index is 14.0. The molecular formula is C26H26FN7O. The molecule has 4 aromatic heterocycles. The minimum atomic E-state index is -0.430. The van der Waals surface area contributed by atoms with E-state index in [0.29, 0.717) is 29.6 Å². The summed E-state index contributed by atoms with van der Waals surface area (Å²) < 4.78 is 21.1. The summed E-state index contributed by atoms with van der Waals surface area (Å²) in [5.74, 6) is 0.642. The fraction of sp³-hybridized carbons (Fsp3) is 0.308. The highest BCUT2D eigenvalue weighted by molar-refractivity contribution is 5.85. The average Bonchev–Trinajstić information content (AvgIpc) is 3.46. The van der Waals surface area contributed by atoms with Crippen molar-refractivity contribution in [3.05, 3.63) is 71.6 Å². The van der Waals surface area contributed by atoms with Gasteiger partial charge in [0.25, 0.3) is 0 Å². The van der Waals surface area contributed by atoms with Crippen LogP contribution in [0.5, 0.6) is 0 Å². The smallest absolute Gasteiger partial charge is 0.228 e. The molecule has 9 heteroatoms. The average molecular weight is 472 g/mol. The quantitative estimate of drug-likeness (QED) is 0.378. The van der Waals surface area contributed by atoms with Gasteiger partial charge < -0.3 is 15.0 Å². The van der Waals surface area contributed by atoms with E-state index in [1.165, 1.54) is 34.4 Å². The van der Waals surface area contributed by atoms with E-state index in [-0.39, 0.29) is 12.0 Å². The lowest BCUT2D eigenvalue weighted by atomic mass is 9.91. The fourth-order valence-electron chi connectivity index (χ4n) is 5.01. The van der Waals surface area contributed by atoms with Crippen LogP contribution in [-0.4, -0.2) is 49.3 Å². The lowest BCUT2D eigenvalue weighted by Crippen LogP contribution is -2.29. The Hall–Kier alpha value is -3.85. The maximum Gasteiger partial charge on any atom is 0.228 e. The van der Waals surface area contributed by atoms with Crippen LogP contribution in [0.15, 0.2) is 48.9 Å². The van der Waals surface area contributed by atoms with Gasteiger partial charge in [-0.15, -0.1) is 0 Å². The van der Waals surface area contributed by atoms with Crippen molar-refractivity contribution in [1.82, 2.24) is 29.5 Å². The highest BCUT2D eigenvalue weighted by atomic mass is 19.1. The van der Waals surface area contributed by atoms with E-state index >= 15 is 0 Å². The van der Waals surface area contributed by atoms with Gasteiger partial charge in [0.2, 0.25) is 5.95 Å². The van der Waals surface area contributed by atoms with Crippen LogP contribution in [0.1, 0.15) is 36.1 Å². The molecule has 0 saturated carbocycles. The topological polar surface area (TPSA) is 93.0 Å². The van der Waals surface area contributed by atoms with E-state index in [4.69, 9.17) is 14.7 Å². The van der Waals surface area contributed by atoms with Crippen LogP contribution >= 0.6 is 0 Å². The van der Waals surface area contributed by atoms with Gasteiger partial charge in [-0.3, -0.25) is 4.98 Å². The second-order valence-electron chi connectivity index (χ2n) is 9.17. The number of anilines is 1. The molecule has 0 bridgehead atoms. The number of nitrogens with one attached hydrogen (secondary N) is 2. The third-order valence-electron chi connectivity index (χ3n) is 6.73. The Labute approximate surface area is 201 Å². The van der Waals surface area contributed by atoms with Crippen LogP contribution in [0.2, 0.25) is 0 Å². The van der Waals surface area contributed by atoms with Crippen molar-refractivity contribution in [2.45, 2.75) is 38.1 Å². The number of fused-ring (bicyclic) bond motifs is 4. The molecule has 8 nitrogen and oxygen atoms in total. The van der Waals surface area contributed by atoms with Crippen LogP contribution in [-0.2, 0) is 17.6 Å². The first-order valence-electron chi connectivity index (χ1n) is 11.8. The van der Waals surface area contributed by atoms with Gasteiger partial charge in [-0.25, -0.2) is 9.37 Å². The van der Waals surface area contributed by atoms with Crippen LogP contribution in [0.25, 0.3) is 27.9 Å². The molecule has 0 radical (unpaired) electrons. The van der Waals surface area contributed by atoms with E-state index in [1.54, 1.807) is 17.8 Å². The minimum Gasteiger partial charge on any atom is -0.384 e. The lowest BCUT2D eigenvalue weighted by molar-refractivity contribution is 0.184. The molecule has 0 amide bonds. The molecule has 1 unspecified atom stereocenters. The molecule has 5 aromatic rings. The number of aryl methyl sites for hydroxylation is 1.